The molecule has 120 valence electrons. The Kier molecular flexibility index (Phi) is 4.03. The number of nitrogens with one attached hydrogen (secondary N) is 1. The summed E-state index contributed by atoms with van der Waals surface area (Å²) in [5.74, 6) is 0. The molecule has 1 aromatic rings. The summed E-state index contributed by atoms with van der Waals surface area (Å²) in [6.07, 6.45) is 10.7. The van der Waals surface area contributed by atoms with Crippen molar-refractivity contribution < 1.29 is 9.47 Å². The normalized spacial score (nSPS) is 33.3. The number of aromatic amines is 1. The van der Waals surface area contributed by atoms with Crippen molar-refractivity contribution in [3.05, 3.63) is 29.9 Å². The summed E-state index contributed by atoms with van der Waals surface area (Å²) >= 11 is 0. The first-order chi connectivity index (χ1) is 10.9. The molecule has 3 aliphatic rings. The highest BCUT2D eigenvalue weighted by Gasteiger charge is 2.48. The largest absolute Gasteiger partial charge is 0.380 e. The van der Waals surface area contributed by atoms with E-state index in [0.29, 0.717) is 6.04 Å². The van der Waals surface area contributed by atoms with Crippen molar-refractivity contribution in [3.63, 3.8) is 0 Å². The van der Waals surface area contributed by atoms with E-state index in [0.717, 1.165) is 45.8 Å². The maximum Gasteiger partial charge on any atom is 0.0922 e. The van der Waals surface area contributed by atoms with E-state index in [1.165, 1.54) is 25.1 Å². The lowest BCUT2D eigenvalue weighted by Gasteiger charge is -2.54. The Morgan fingerprint density at radius 2 is 2.36 bits per heavy atom. The van der Waals surface area contributed by atoms with Crippen LogP contribution in [0, 0.1) is 5.41 Å². The first-order valence-electron chi connectivity index (χ1n) is 8.45. The molecule has 1 N–H and O–H groups in total. The fraction of sp³-hybridized carbons (Fsp3) is 0.706. The number of H-pyrrole nitrogens is 1. The van der Waals surface area contributed by atoms with Gasteiger partial charge in [-0.05, 0) is 32.2 Å². The molecule has 3 aliphatic heterocycles. The first kappa shape index (κ1) is 14.4. The molecule has 2 fully saturated rings. The molecule has 5 nitrogen and oxygen atoms in total. The summed E-state index contributed by atoms with van der Waals surface area (Å²) in [5, 5.41) is 0. The van der Waals surface area contributed by atoms with Gasteiger partial charge in [0, 0.05) is 36.5 Å². The van der Waals surface area contributed by atoms with Crippen LogP contribution in [0.5, 0.6) is 0 Å². The molecule has 0 spiro atoms. The standard InChI is InChI=1S/C17H25N3O2/c1-5-17(14-2-7-21-8-3-14)12-22-9-4-16(17)20(6-1)11-15-10-18-13-19-15/h2,10,13,16H,1,3-9,11-12H2,(H,18,19)/t16-,17-/m0/s1. The molecule has 22 heavy (non-hydrogen) atoms. The molecule has 1 aromatic heterocycles. The Bertz CT molecular complexity index is 524. The molecule has 0 aliphatic carbocycles. The van der Waals surface area contributed by atoms with Crippen LogP contribution in [0.3, 0.4) is 0 Å². The molecular weight excluding hydrogens is 278 g/mol. The highest BCUT2D eigenvalue weighted by atomic mass is 16.5. The van der Waals surface area contributed by atoms with Gasteiger partial charge in [0.25, 0.3) is 0 Å². The molecule has 0 unspecified atom stereocenters. The molecule has 0 saturated carbocycles. The summed E-state index contributed by atoms with van der Waals surface area (Å²) < 4.78 is 11.5. The van der Waals surface area contributed by atoms with Crippen molar-refractivity contribution in [1.29, 1.82) is 0 Å². The number of hydrogen-bond donors (Lipinski definition) is 1. The molecule has 0 amide bonds. The van der Waals surface area contributed by atoms with Gasteiger partial charge >= 0.3 is 0 Å². The van der Waals surface area contributed by atoms with Gasteiger partial charge in [-0.1, -0.05) is 11.6 Å². The molecular formula is C17H25N3O2. The summed E-state index contributed by atoms with van der Waals surface area (Å²) in [7, 11) is 0. The number of ether oxygens (including phenoxy) is 2. The van der Waals surface area contributed by atoms with E-state index in [-0.39, 0.29) is 5.41 Å². The Hall–Kier alpha value is -1.17. The van der Waals surface area contributed by atoms with E-state index in [4.69, 9.17) is 9.47 Å². The number of aromatic nitrogens is 2. The average Bonchev–Trinajstić information content (AvgIpc) is 3.09. The number of fused-ring (bicyclic) bond motifs is 1. The third-order valence-corrected chi connectivity index (χ3v) is 5.57. The highest BCUT2D eigenvalue weighted by Crippen LogP contribution is 2.48. The van der Waals surface area contributed by atoms with Crippen LogP contribution in [0.2, 0.25) is 0 Å². The predicted octanol–water partition coefficient (Wildman–Crippen LogP) is 2.13. The van der Waals surface area contributed by atoms with E-state index in [1.807, 2.05) is 6.20 Å². The van der Waals surface area contributed by atoms with Gasteiger partial charge in [0.05, 0.1) is 26.1 Å². The molecule has 2 atom stereocenters. The van der Waals surface area contributed by atoms with E-state index in [9.17, 15) is 0 Å². The van der Waals surface area contributed by atoms with Crippen LogP contribution in [-0.4, -0.2) is 53.9 Å². The smallest absolute Gasteiger partial charge is 0.0922 e. The number of imidazole rings is 1. The van der Waals surface area contributed by atoms with Crippen molar-refractivity contribution in [2.24, 2.45) is 5.41 Å². The monoisotopic (exact) mass is 303 g/mol. The number of nitrogens with zero attached hydrogens (tertiary/aromatic N) is 2. The summed E-state index contributed by atoms with van der Waals surface area (Å²) in [4.78, 5) is 10.1. The zero-order valence-corrected chi connectivity index (χ0v) is 13.1. The second kappa shape index (κ2) is 6.14. The number of rotatable bonds is 3. The van der Waals surface area contributed by atoms with Crippen molar-refractivity contribution in [2.75, 3.05) is 33.0 Å². The van der Waals surface area contributed by atoms with Crippen LogP contribution < -0.4 is 0 Å². The molecule has 0 bridgehead atoms. The van der Waals surface area contributed by atoms with Gasteiger partial charge in [-0.2, -0.15) is 0 Å². The summed E-state index contributed by atoms with van der Waals surface area (Å²) in [6.45, 7) is 5.54. The molecule has 2 saturated heterocycles. The Morgan fingerprint density at radius 3 is 3.18 bits per heavy atom. The Morgan fingerprint density at radius 1 is 1.36 bits per heavy atom. The van der Waals surface area contributed by atoms with Gasteiger partial charge in [-0.15, -0.1) is 0 Å². The number of hydrogen-bond acceptors (Lipinski definition) is 4. The quantitative estimate of drug-likeness (QED) is 0.869. The van der Waals surface area contributed by atoms with Crippen molar-refractivity contribution >= 4 is 0 Å². The minimum atomic E-state index is 0.209. The first-order valence-corrected chi connectivity index (χ1v) is 8.45. The van der Waals surface area contributed by atoms with E-state index < -0.39 is 0 Å². The van der Waals surface area contributed by atoms with E-state index >= 15 is 0 Å². The maximum absolute atomic E-state index is 5.95. The van der Waals surface area contributed by atoms with Crippen LogP contribution in [0.25, 0.3) is 0 Å². The van der Waals surface area contributed by atoms with Gasteiger partial charge in [0.1, 0.15) is 0 Å². The Balaban J connectivity index is 1.61. The van der Waals surface area contributed by atoms with Gasteiger partial charge in [-0.3, -0.25) is 4.90 Å². The minimum Gasteiger partial charge on any atom is -0.380 e. The second-order valence-corrected chi connectivity index (χ2v) is 6.72. The van der Waals surface area contributed by atoms with Crippen molar-refractivity contribution in [2.45, 2.75) is 38.3 Å². The third kappa shape index (κ3) is 2.51. The minimum absolute atomic E-state index is 0.209. The van der Waals surface area contributed by atoms with Gasteiger partial charge in [-0.25, -0.2) is 4.98 Å². The molecule has 0 aromatic carbocycles. The molecule has 4 heterocycles. The number of likely N-dealkylation sites (tertiary alicyclic amines) is 1. The predicted molar refractivity (Wildman–Crippen MR) is 83.4 cm³/mol. The van der Waals surface area contributed by atoms with Gasteiger partial charge in [0.15, 0.2) is 0 Å². The zero-order chi connectivity index (χ0) is 14.8. The SMILES string of the molecule is C1=C([C@@]23CCCN(Cc4cnc[nH]4)[C@H]2CCOC3)CCOC1. The molecule has 4 rings (SSSR count). The molecule has 0 radical (unpaired) electrons. The fourth-order valence-electron chi connectivity index (χ4n) is 4.57. The zero-order valence-electron chi connectivity index (χ0n) is 13.1. The second-order valence-electron chi connectivity index (χ2n) is 6.72. The van der Waals surface area contributed by atoms with E-state index in [2.05, 4.69) is 20.9 Å². The van der Waals surface area contributed by atoms with Crippen LogP contribution in [0.15, 0.2) is 24.2 Å². The molecule has 5 heteroatoms. The van der Waals surface area contributed by atoms with Crippen molar-refractivity contribution in [3.8, 4) is 0 Å². The van der Waals surface area contributed by atoms with Crippen LogP contribution >= 0.6 is 0 Å². The highest BCUT2D eigenvalue weighted by molar-refractivity contribution is 5.23. The third-order valence-electron chi connectivity index (χ3n) is 5.57. The lowest BCUT2D eigenvalue weighted by molar-refractivity contribution is -0.0876. The topological polar surface area (TPSA) is 50.4 Å². The fourth-order valence-corrected chi connectivity index (χ4v) is 4.57. The lowest BCUT2D eigenvalue weighted by Crippen LogP contribution is -2.57. The summed E-state index contributed by atoms with van der Waals surface area (Å²) in [5.41, 5.74) is 3.00. The van der Waals surface area contributed by atoms with Crippen molar-refractivity contribution in [1.82, 2.24) is 14.9 Å². The summed E-state index contributed by atoms with van der Waals surface area (Å²) in [6, 6.07) is 0.586. The van der Waals surface area contributed by atoms with Crippen LogP contribution in [0.1, 0.15) is 31.4 Å². The van der Waals surface area contributed by atoms with Crippen LogP contribution in [-0.2, 0) is 16.0 Å². The maximum atomic E-state index is 5.95. The number of piperidine rings is 1. The Labute approximate surface area is 131 Å². The average molecular weight is 303 g/mol. The van der Waals surface area contributed by atoms with E-state index in [1.54, 1.807) is 11.9 Å². The van der Waals surface area contributed by atoms with Gasteiger partial charge in [0.2, 0.25) is 0 Å². The van der Waals surface area contributed by atoms with Crippen LogP contribution in [0.4, 0.5) is 0 Å². The lowest BCUT2D eigenvalue weighted by atomic mass is 9.65. The van der Waals surface area contributed by atoms with Gasteiger partial charge < -0.3 is 14.5 Å².